The van der Waals surface area contributed by atoms with Crippen LogP contribution < -0.4 is 4.74 Å². The van der Waals surface area contributed by atoms with Gasteiger partial charge in [-0.05, 0) is 45.4 Å². The summed E-state index contributed by atoms with van der Waals surface area (Å²) in [6, 6.07) is 7.89. The maximum atomic E-state index is 5.66. The predicted octanol–water partition coefficient (Wildman–Crippen LogP) is 3.15. The Bertz CT molecular complexity index is 396. The molecule has 0 N–H and O–H groups in total. The van der Waals surface area contributed by atoms with Gasteiger partial charge in [0.05, 0.1) is 26.4 Å². The molecule has 22 heavy (non-hydrogen) atoms. The molecule has 2 atom stereocenters. The molecule has 0 aromatic heterocycles. The highest BCUT2D eigenvalue weighted by Gasteiger charge is 2.04. The summed E-state index contributed by atoms with van der Waals surface area (Å²) in [5.74, 6) is 0.812. The first-order chi connectivity index (χ1) is 10.6. The van der Waals surface area contributed by atoms with E-state index in [4.69, 9.17) is 23.7 Å². The second kappa shape index (κ2) is 11.4. The van der Waals surface area contributed by atoms with Crippen molar-refractivity contribution in [3.8, 4) is 5.75 Å². The van der Waals surface area contributed by atoms with E-state index in [1.807, 2.05) is 52.0 Å². The normalized spacial score (nSPS) is 13.8. The Hall–Kier alpha value is -1.14. The van der Waals surface area contributed by atoms with Gasteiger partial charge in [0.2, 0.25) is 0 Å². The van der Waals surface area contributed by atoms with Gasteiger partial charge in [-0.2, -0.15) is 0 Å². The smallest absolute Gasteiger partial charge is 0.197 e. The van der Waals surface area contributed by atoms with Gasteiger partial charge in [0.1, 0.15) is 5.75 Å². The van der Waals surface area contributed by atoms with E-state index < -0.39 is 0 Å². The number of rotatable bonds is 12. The number of ether oxygens (including phenoxy) is 5. The molecule has 0 aliphatic carbocycles. The summed E-state index contributed by atoms with van der Waals surface area (Å²) in [4.78, 5) is 0. The molecule has 5 nitrogen and oxygen atoms in total. The largest absolute Gasteiger partial charge is 0.465 e. The standard InChI is InChI=1S/C17H28O5/c1-5-19-15(3)20-11-9-18-10-12-21-16(4)22-17-8-6-7-14(2)13-17/h6-8,13,15-16H,5,9-12H2,1-4H3. The van der Waals surface area contributed by atoms with Crippen molar-refractivity contribution >= 4 is 0 Å². The molecule has 0 saturated heterocycles. The van der Waals surface area contributed by atoms with Crippen molar-refractivity contribution in [1.82, 2.24) is 0 Å². The molecular weight excluding hydrogens is 284 g/mol. The second-order valence-corrected chi connectivity index (χ2v) is 4.88. The van der Waals surface area contributed by atoms with Gasteiger partial charge in [-0.15, -0.1) is 0 Å². The van der Waals surface area contributed by atoms with Crippen molar-refractivity contribution in [2.24, 2.45) is 0 Å². The van der Waals surface area contributed by atoms with Crippen LogP contribution in [0.1, 0.15) is 26.3 Å². The minimum absolute atomic E-state index is 0.187. The third-order valence-corrected chi connectivity index (χ3v) is 2.85. The van der Waals surface area contributed by atoms with E-state index in [9.17, 15) is 0 Å². The van der Waals surface area contributed by atoms with E-state index in [0.717, 1.165) is 11.3 Å². The molecule has 2 unspecified atom stereocenters. The summed E-state index contributed by atoms with van der Waals surface area (Å²) in [6.07, 6.45) is -0.493. The zero-order valence-corrected chi connectivity index (χ0v) is 14.0. The van der Waals surface area contributed by atoms with Gasteiger partial charge in [-0.25, -0.2) is 0 Å². The topological polar surface area (TPSA) is 46.2 Å². The summed E-state index contributed by atoms with van der Waals surface area (Å²) in [7, 11) is 0. The zero-order valence-electron chi connectivity index (χ0n) is 14.0. The molecule has 0 saturated carbocycles. The van der Waals surface area contributed by atoms with Gasteiger partial charge in [-0.1, -0.05) is 12.1 Å². The lowest BCUT2D eigenvalue weighted by Crippen LogP contribution is -2.20. The van der Waals surface area contributed by atoms with Crippen LogP contribution in [0.3, 0.4) is 0 Å². The lowest BCUT2D eigenvalue weighted by molar-refractivity contribution is -0.139. The molecule has 0 fully saturated rings. The molecule has 1 aromatic rings. The van der Waals surface area contributed by atoms with Crippen LogP contribution in [0.5, 0.6) is 5.75 Å². The van der Waals surface area contributed by atoms with Crippen molar-refractivity contribution in [3.05, 3.63) is 29.8 Å². The highest BCUT2D eigenvalue weighted by molar-refractivity contribution is 5.27. The fourth-order valence-corrected chi connectivity index (χ4v) is 1.85. The first-order valence-electron chi connectivity index (χ1n) is 7.77. The van der Waals surface area contributed by atoms with Gasteiger partial charge in [0, 0.05) is 6.61 Å². The van der Waals surface area contributed by atoms with Gasteiger partial charge < -0.3 is 23.7 Å². The number of hydrogen-bond acceptors (Lipinski definition) is 5. The molecule has 0 aliphatic rings. The van der Waals surface area contributed by atoms with E-state index >= 15 is 0 Å². The van der Waals surface area contributed by atoms with Crippen molar-refractivity contribution in [3.63, 3.8) is 0 Å². The molecule has 0 bridgehead atoms. The maximum Gasteiger partial charge on any atom is 0.197 e. The number of benzene rings is 1. The van der Waals surface area contributed by atoms with Crippen molar-refractivity contribution in [2.75, 3.05) is 33.0 Å². The molecule has 5 heteroatoms. The van der Waals surface area contributed by atoms with E-state index in [1.165, 1.54) is 0 Å². The van der Waals surface area contributed by atoms with Crippen LogP contribution in [0.4, 0.5) is 0 Å². The number of aryl methyl sites for hydroxylation is 1. The molecule has 1 aromatic carbocycles. The third-order valence-electron chi connectivity index (χ3n) is 2.85. The minimum Gasteiger partial charge on any atom is -0.465 e. The van der Waals surface area contributed by atoms with Crippen molar-refractivity contribution in [1.29, 1.82) is 0 Å². The Morgan fingerprint density at radius 2 is 1.59 bits per heavy atom. The maximum absolute atomic E-state index is 5.66. The van der Waals surface area contributed by atoms with E-state index in [-0.39, 0.29) is 12.6 Å². The van der Waals surface area contributed by atoms with Crippen LogP contribution in [-0.4, -0.2) is 45.6 Å². The minimum atomic E-state index is -0.306. The molecule has 0 heterocycles. The summed E-state index contributed by atoms with van der Waals surface area (Å²) >= 11 is 0. The Balaban J connectivity index is 2.00. The van der Waals surface area contributed by atoms with Crippen molar-refractivity contribution in [2.45, 2.75) is 40.3 Å². The summed E-state index contributed by atoms with van der Waals surface area (Å²) in [5.41, 5.74) is 1.16. The van der Waals surface area contributed by atoms with Crippen LogP contribution >= 0.6 is 0 Å². The average Bonchev–Trinajstić information content (AvgIpc) is 2.46. The van der Waals surface area contributed by atoms with E-state index in [1.54, 1.807) is 0 Å². The Labute approximate surface area is 133 Å². The van der Waals surface area contributed by atoms with Gasteiger partial charge in [0.25, 0.3) is 0 Å². The fourth-order valence-electron chi connectivity index (χ4n) is 1.85. The van der Waals surface area contributed by atoms with Crippen LogP contribution in [0.2, 0.25) is 0 Å². The molecule has 126 valence electrons. The molecule has 0 spiro atoms. The predicted molar refractivity (Wildman–Crippen MR) is 85.1 cm³/mol. The Morgan fingerprint density at radius 3 is 2.23 bits per heavy atom. The van der Waals surface area contributed by atoms with Gasteiger partial charge >= 0.3 is 0 Å². The van der Waals surface area contributed by atoms with Crippen molar-refractivity contribution < 1.29 is 23.7 Å². The first kappa shape index (κ1) is 18.9. The summed E-state index contributed by atoms with van der Waals surface area (Å²) in [6.45, 7) is 10.4. The number of hydrogen-bond donors (Lipinski definition) is 0. The van der Waals surface area contributed by atoms with Gasteiger partial charge in [-0.3, -0.25) is 0 Å². The average molecular weight is 312 g/mol. The van der Waals surface area contributed by atoms with Crippen LogP contribution in [-0.2, 0) is 18.9 Å². The Morgan fingerprint density at radius 1 is 0.909 bits per heavy atom. The van der Waals surface area contributed by atoms with Crippen LogP contribution in [0.25, 0.3) is 0 Å². The SMILES string of the molecule is CCOC(C)OCCOCCOC(C)Oc1cccc(C)c1. The zero-order chi connectivity index (χ0) is 16.2. The molecule has 0 radical (unpaired) electrons. The third kappa shape index (κ3) is 9.00. The van der Waals surface area contributed by atoms with Crippen LogP contribution in [0, 0.1) is 6.92 Å². The molecular formula is C17H28O5. The quantitative estimate of drug-likeness (QED) is 0.438. The lowest BCUT2D eigenvalue weighted by atomic mass is 10.2. The van der Waals surface area contributed by atoms with Gasteiger partial charge in [0.15, 0.2) is 12.6 Å². The second-order valence-electron chi connectivity index (χ2n) is 4.88. The monoisotopic (exact) mass is 312 g/mol. The Kier molecular flexibility index (Phi) is 9.82. The molecule has 0 amide bonds. The highest BCUT2D eigenvalue weighted by Crippen LogP contribution is 2.14. The van der Waals surface area contributed by atoms with E-state index in [2.05, 4.69) is 0 Å². The summed E-state index contributed by atoms with van der Waals surface area (Å²) < 4.78 is 27.3. The van der Waals surface area contributed by atoms with Crippen LogP contribution in [0.15, 0.2) is 24.3 Å². The fraction of sp³-hybridized carbons (Fsp3) is 0.647. The summed E-state index contributed by atoms with van der Waals surface area (Å²) in [5, 5.41) is 0. The molecule has 1 rings (SSSR count). The van der Waals surface area contributed by atoms with E-state index in [0.29, 0.717) is 33.0 Å². The highest BCUT2D eigenvalue weighted by atomic mass is 16.7. The molecule has 0 aliphatic heterocycles. The first-order valence-corrected chi connectivity index (χ1v) is 7.77. The lowest BCUT2D eigenvalue weighted by Gasteiger charge is -2.16.